The van der Waals surface area contributed by atoms with Crippen LogP contribution in [0, 0.1) is 11.8 Å². The van der Waals surface area contributed by atoms with Crippen LogP contribution in [0.2, 0.25) is 0 Å². The highest BCUT2D eigenvalue weighted by atomic mass is 16.7. The van der Waals surface area contributed by atoms with Gasteiger partial charge in [-0.25, -0.2) is 4.79 Å². The van der Waals surface area contributed by atoms with Gasteiger partial charge in [-0.15, -0.1) is 0 Å². The maximum absolute atomic E-state index is 12.0. The highest BCUT2D eigenvalue weighted by Gasteiger charge is 2.39. The quantitative estimate of drug-likeness (QED) is 0.840. The Hall–Kier alpha value is -2.34. The molecule has 1 fully saturated rings. The van der Waals surface area contributed by atoms with Gasteiger partial charge in [0.05, 0.1) is 5.60 Å². The van der Waals surface area contributed by atoms with E-state index in [0.717, 1.165) is 6.42 Å². The van der Waals surface area contributed by atoms with Gasteiger partial charge in [0.2, 0.25) is 12.2 Å². The first-order valence-corrected chi connectivity index (χ1v) is 8.84. The normalized spacial score (nSPS) is 25.0. The Kier molecular flexibility index (Phi) is 4.80. The number of carbonyl (C=O) groups is 1. The van der Waals surface area contributed by atoms with Crippen molar-refractivity contribution in [3.63, 3.8) is 0 Å². The van der Waals surface area contributed by atoms with E-state index in [9.17, 15) is 9.59 Å². The third-order valence-electron chi connectivity index (χ3n) is 4.85. The van der Waals surface area contributed by atoms with Crippen LogP contribution in [0.3, 0.4) is 0 Å². The molecule has 6 nitrogen and oxygen atoms in total. The lowest BCUT2D eigenvalue weighted by molar-refractivity contribution is -0.225. The van der Waals surface area contributed by atoms with Gasteiger partial charge in [0.25, 0.3) is 0 Å². The fourth-order valence-corrected chi connectivity index (χ4v) is 3.41. The highest BCUT2D eigenvalue weighted by Crippen LogP contribution is 2.37. The van der Waals surface area contributed by atoms with Gasteiger partial charge in [-0.1, -0.05) is 13.8 Å². The number of nitrogens with one attached hydrogen (secondary N) is 1. The van der Waals surface area contributed by atoms with Crippen LogP contribution in [0.4, 0.5) is 5.69 Å². The van der Waals surface area contributed by atoms with Crippen LogP contribution in [-0.2, 0) is 9.53 Å². The van der Waals surface area contributed by atoms with Crippen molar-refractivity contribution in [2.75, 3.05) is 5.32 Å². The molecule has 0 saturated carbocycles. The average Bonchev–Trinajstić information content (AvgIpc) is 2.52. The maximum atomic E-state index is 12.0. The van der Waals surface area contributed by atoms with E-state index in [0.29, 0.717) is 22.6 Å². The van der Waals surface area contributed by atoms with Crippen LogP contribution in [0.5, 0.6) is 5.75 Å². The van der Waals surface area contributed by atoms with Crippen LogP contribution in [0.25, 0.3) is 11.0 Å². The van der Waals surface area contributed by atoms with Gasteiger partial charge >= 0.3 is 5.63 Å². The molecule has 1 aliphatic rings. The summed E-state index contributed by atoms with van der Waals surface area (Å²) in [7, 11) is 0. The second-order valence-corrected chi connectivity index (χ2v) is 7.73. The first-order valence-electron chi connectivity index (χ1n) is 8.84. The second-order valence-electron chi connectivity index (χ2n) is 7.73. The molecule has 1 aromatic heterocycles. The lowest BCUT2D eigenvalue weighted by atomic mass is 9.82. The fraction of sp³-hybridized carbons (Fsp3) is 0.500. The lowest BCUT2D eigenvalue weighted by Gasteiger charge is -2.43. The van der Waals surface area contributed by atoms with Gasteiger partial charge in [-0.05, 0) is 44.4 Å². The predicted molar refractivity (Wildman–Crippen MR) is 99.3 cm³/mol. The highest BCUT2D eigenvalue weighted by molar-refractivity contribution is 5.91. The Morgan fingerprint density at radius 3 is 2.69 bits per heavy atom. The largest absolute Gasteiger partial charge is 0.464 e. The fourth-order valence-electron chi connectivity index (χ4n) is 3.41. The summed E-state index contributed by atoms with van der Waals surface area (Å²) in [6.07, 6.45) is 0.614. The van der Waals surface area contributed by atoms with Gasteiger partial charge < -0.3 is 19.2 Å². The third-order valence-corrected chi connectivity index (χ3v) is 4.85. The summed E-state index contributed by atoms with van der Waals surface area (Å²) in [5, 5.41) is 3.17. The monoisotopic (exact) mass is 359 g/mol. The van der Waals surface area contributed by atoms with Crippen LogP contribution in [0.1, 0.15) is 41.0 Å². The number of carbonyl (C=O) groups excluding carboxylic acids is 1. The molecule has 26 heavy (non-hydrogen) atoms. The number of anilines is 1. The van der Waals surface area contributed by atoms with Crippen molar-refractivity contribution in [2.24, 2.45) is 11.8 Å². The van der Waals surface area contributed by atoms with Gasteiger partial charge in [0.1, 0.15) is 17.0 Å². The molecule has 0 aliphatic carbocycles. The maximum Gasteiger partial charge on any atom is 0.360 e. The minimum atomic E-state index is -0.595. The van der Waals surface area contributed by atoms with Crippen LogP contribution < -0.4 is 15.7 Å². The molecule has 0 spiro atoms. The number of fused-ring (bicyclic) bond motifs is 1. The van der Waals surface area contributed by atoms with E-state index < -0.39 is 5.63 Å². The summed E-state index contributed by atoms with van der Waals surface area (Å²) in [6.45, 7) is 9.79. The minimum absolute atomic E-state index is 0.124. The Bertz CT molecular complexity index is 885. The predicted octanol–water partition coefficient (Wildman–Crippen LogP) is 3.93. The number of rotatable bonds is 3. The van der Waals surface area contributed by atoms with Crippen molar-refractivity contribution < 1.29 is 18.7 Å². The van der Waals surface area contributed by atoms with Crippen molar-refractivity contribution in [3.8, 4) is 5.75 Å². The molecular formula is C20H25NO5. The first-order chi connectivity index (χ1) is 12.1. The summed E-state index contributed by atoms with van der Waals surface area (Å²) >= 11 is 0. The van der Waals surface area contributed by atoms with Gasteiger partial charge in [-0.2, -0.15) is 0 Å². The zero-order chi connectivity index (χ0) is 19.1. The van der Waals surface area contributed by atoms with Crippen LogP contribution >= 0.6 is 0 Å². The number of benzene rings is 1. The van der Waals surface area contributed by atoms with Crippen LogP contribution in [-0.4, -0.2) is 17.8 Å². The summed E-state index contributed by atoms with van der Waals surface area (Å²) in [5.74, 6) is 0.974. The van der Waals surface area contributed by atoms with E-state index in [1.54, 1.807) is 18.2 Å². The molecule has 3 atom stereocenters. The van der Waals surface area contributed by atoms with E-state index in [1.807, 2.05) is 6.07 Å². The van der Waals surface area contributed by atoms with Gasteiger partial charge in [0.15, 0.2) is 0 Å². The SMILES string of the molecule is CC(=O)Nc1cc2ccc(O[C@@H]3OC(C)(C)C[C@@H](C)C3C)cc2oc1=O. The minimum Gasteiger partial charge on any atom is -0.464 e. The molecule has 1 unspecified atom stereocenters. The molecular weight excluding hydrogens is 334 g/mol. The van der Waals surface area contributed by atoms with E-state index >= 15 is 0 Å². The number of hydrogen-bond donors (Lipinski definition) is 1. The zero-order valence-electron chi connectivity index (χ0n) is 15.8. The molecule has 140 valence electrons. The summed E-state index contributed by atoms with van der Waals surface area (Å²) in [6, 6.07) is 6.87. The molecule has 1 aromatic carbocycles. The number of hydrogen-bond acceptors (Lipinski definition) is 5. The summed E-state index contributed by atoms with van der Waals surface area (Å²) < 4.78 is 17.5. The van der Waals surface area contributed by atoms with E-state index in [-0.39, 0.29) is 29.4 Å². The molecule has 0 radical (unpaired) electrons. The van der Waals surface area contributed by atoms with Crippen molar-refractivity contribution in [1.29, 1.82) is 0 Å². The molecule has 1 N–H and O–H groups in total. The van der Waals surface area contributed by atoms with Crippen molar-refractivity contribution >= 4 is 22.6 Å². The Balaban J connectivity index is 1.87. The second kappa shape index (κ2) is 6.76. The molecule has 1 aliphatic heterocycles. The van der Waals surface area contributed by atoms with Crippen molar-refractivity contribution in [1.82, 2.24) is 0 Å². The molecule has 6 heteroatoms. The molecule has 2 heterocycles. The van der Waals surface area contributed by atoms with Crippen LogP contribution in [0.15, 0.2) is 33.5 Å². The van der Waals surface area contributed by atoms with Gasteiger partial charge in [0, 0.05) is 24.3 Å². The Morgan fingerprint density at radius 2 is 2.00 bits per heavy atom. The third kappa shape index (κ3) is 3.90. The Labute approximate surface area is 152 Å². The molecule has 0 bridgehead atoms. The average molecular weight is 359 g/mol. The van der Waals surface area contributed by atoms with Crippen molar-refractivity contribution in [2.45, 2.75) is 52.9 Å². The van der Waals surface area contributed by atoms with E-state index in [2.05, 4.69) is 33.0 Å². The molecule has 2 aromatic rings. The summed E-state index contributed by atoms with van der Waals surface area (Å²) in [4.78, 5) is 23.2. The molecule has 3 rings (SSSR count). The first kappa shape index (κ1) is 18.5. The summed E-state index contributed by atoms with van der Waals surface area (Å²) in [5.41, 5.74) is -0.314. The number of ether oxygens (including phenoxy) is 2. The number of amides is 1. The molecule has 1 saturated heterocycles. The smallest absolute Gasteiger partial charge is 0.360 e. The van der Waals surface area contributed by atoms with E-state index in [1.165, 1.54) is 6.92 Å². The topological polar surface area (TPSA) is 77.8 Å². The Morgan fingerprint density at radius 1 is 1.27 bits per heavy atom. The lowest BCUT2D eigenvalue weighted by Crippen LogP contribution is -2.46. The van der Waals surface area contributed by atoms with Gasteiger partial charge in [-0.3, -0.25) is 4.79 Å². The zero-order valence-corrected chi connectivity index (χ0v) is 15.8. The van der Waals surface area contributed by atoms with E-state index in [4.69, 9.17) is 13.9 Å². The molecule has 1 amide bonds. The standard InChI is InChI=1S/C20H25NO5/c1-11-10-20(4,5)26-19(12(11)2)24-15-7-6-14-8-16(21-13(3)22)18(23)25-17(14)9-15/h6-9,11-12,19H,10H2,1-5H3,(H,21,22)/t11-,12?,19-/m1/s1. The van der Waals surface area contributed by atoms with Crippen molar-refractivity contribution in [3.05, 3.63) is 34.7 Å².